The summed E-state index contributed by atoms with van der Waals surface area (Å²) in [5.74, 6) is -0.130. The normalized spacial score (nSPS) is 10.5. The number of amides is 1. The Morgan fingerprint density at radius 1 is 1.14 bits per heavy atom. The Morgan fingerprint density at radius 3 is 2.38 bits per heavy atom. The lowest BCUT2D eigenvalue weighted by atomic mass is 10.1. The third-order valence-electron chi connectivity index (χ3n) is 2.86. The van der Waals surface area contributed by atoms with Crippen molar-refractivity contribution in [2.45, 2.75) is 19.9 Å². The topological polar surface area (TPSA) is 67.2 Å². The van der Waals surface area contributed by atoms with Crippen molar-refractivity contribution >= 4 is 34.6 Å². The number of hydrogen-bond acceptors (Lipinski definition) is 3. The SMILES string of the molecule is CC(C)NC(=O)c1ccc(Nc2ccc(Cl)cc2)c(N)c1. The van der Waals surface area contributed by atoms with E-state index in [1.165, 1.54) is 0 Å². The van der Waals surface area contributed by atoms with Gasteiger partial charge in [-0.1, -0.05) is 11.6 Å². The minimum absolute atomic E-state index is 0.0885. The lowest BCUT2D eigenvalue weighted by Crippen LogP contribution is -2.30. The molecular formula is C16H18ClN3O. The van der Waals surface area contributed by atoms with Gasteiger partial charge in [-0.15, -0.1) is 0 Å². The van der Waals surface area contributed by atoms with E-state index in [9.17, 15) is 4.79 Å². The number of carbonyl (C=O) groups is 1. The molecule has 0 saturated carbocycles. The van der Waals surface area contributed by atoms with Crippen molar-refractivity contribution in [2.75, 3.05) is 11.1 Å². The molecule has 0 bridgehead atoms. The molecule has 5 heteroatoms. The zero-order chi connectivity index (χ0) is 15.4. The van der Waals surface area contributed by atoms with E-state index >= 15 is 0 Å². The standard InChI is InChI=1S/C16H18ClN3O/c1-10(2)19-16(21)11-3-8-15(14(18)9-11)20-13-6-4-12(17)5-7-13/h3-10,20H,18H2,1-2H3,(H,19,21). The molecule has 4 nitrogen and oxygen atoms in total. The van der Waals surface area contributed by atoms with Crippen molar-refractivity contribution in [1.82, 2.24) is 5.32 Å². The molecule has 0 aliphatic rings. The van der Waals surface area contributed by atoms with Crippen LogP contribution in [0.25, 0.3) is 0 Å². The molecule has 0 aromatic heterocycles. The summed E-state index contributed by atoms with van der Waals surface area (Å²) >= 11 is 5.85. The molecule has 0 atom stereocenters. The molecule has 0 aliphatic heterocycles. The number of benzene rings is 2. The molecule has 0 fully saturated rings. The van der Waals surface area contributed by atoms with Gasteiger partial charge in [0.05, 0.1) is 11.4 Å². The molecule has 0 radical (unpaired) electrons. The molecular weight excluding hydrogens is 286 g/mol. The average molecular weight is 304 g/mol. The van der Waals surface area contributed by atoms with Gasteiger partial charge in [-0.3, -0.25) is 4.79 Å². The minimum atomic E-state index is -0.130. The van der Waals surface area contributed by atoms with Crippen LogP contribution in [-0.2, 0) is 0 Å². The first-order valence-electron chi connectivity index (χ1n) is 6.68. The number of nitrogens with one attached hydrogen (secondary N) is 2. The maximum Gasteiger partial charge on any atom is 0.251 e. The van der Waals surface area contributed by atoms with Crippen LogP contribution >= 0.6 is 11.6 Å². The van der Waals surface area contributed by atoms with Crippen LogP contribution in [0, 0.1) is 0 Å². The van der Waals surface area contributed by atoms with Crippen LogP contribution in [0.5, 0.6) is 0 Å². The Morgan fingerprint density at radius 2 is 1.81 bits per heavy atom. The number of anilines is 3. The summed E-state index contributed by atoms with van der Waals surface area (Å²) < 4.78 is 0. The Hall–Kier alpha value is -2.20. The maximum absolute atomic E-state index is 11.9. The number of carbonyl (C=O) groups excluding carboxylic acids is 1. The molecule has 0 unspecified atom stereocenters. The van der Waals surface area contributed by atoms with Crippen molar-refractivity contribution in [3.8, 4) is 0 Å². The van der Waals surface area contributed by atoms with Gasteiger partial charge in [0.25, 0.3) is 5.91 Å². The third kappa shape index (κ3) is 4.13. The number of nitrogen functional groups attached to an aromatic ring is 1. The maximum atomic E-state index is 11.9. The molecule has 0 heterocycles. The van der Waals surface area contributed by atoms with E-state index < -0.39 is 0 Å². The summed E-state index contributed by atoms with van der Waals surface area (Å²) in [7, 11) is 0. The average Bonchev–Trinajstić information content (AvgIpc) is 2.42. The van der Waals surface area contributed by atoms with Crippen LogP contribution in [0.2, 0.25) is 5.02 Å². The van der Waals surface area contributed by atoms with Gasteiger partial charge in [-0.05, 0) is 56.3 Å². The summed E-state index contributed by atoms with van der Waals surface area (Å²) in [4.78, 5) is 11.9. The first-order chi connectivity index (χ1) is 9.95. The predicted octanol–water partition coefficient (Wildman–Crippen LogP) is 3.80. The quantitative estimate of drug-likeness (QED) is 0.753. The van der Waals surface area contributed by atoms with E-state index in [1.807, 2.05) is 26.0 Å². The van der Waals surface area contributed by atoms with Crippen molar-refractivity contribution < 1.29 is 4.79 Å². The number of hydrogen-bond donors (Lipinski definition) is 3. The first-order valence-corrected chi connectivity index (χ1v) is 7.06. The summed E-state index contributed by atoms with van der Waals surface area (Å²) in [6.45, 7) is 3.83. The lowest BCUT2D eigenvalue weighted by Gasteiger charge is -2.12. The number of halogens is 1. The number of rotatable bonds is 4. The largest absolute Gasteiger partial charge is 0.397 e. The Kier molecular flexibility index (Phi) is 4.70. The van der Waals surface area contributed by atoms with E-state index in [-0.39, 0.29) is 11.9 Å². The van der Waals surface area contributed by atoms with Gasteiger partial charge < -0.3 is 16.4 Å². The van der Waals surface area contributed by atoms with Crippen molar-refractivity contribution in [2.24, 2.45) is 0 Å². The van der Waals surface area contributed by atoms with Gasteiger partial charge in [0.2, 0.25) is 0 Å². The van der Waals surface area contributed by atoms with Gasteiger partial charge in [0, 0.05) is 22.3 Å². The zero-order valence-corrected chi connectivity index (χ0v) is 12.7. The van der Waals surface area contributed by atoms with E-state index in [1.54, 1.807) is 30.3 Å². The molecule has 21 heavy (non-hydrogen) atoms. The minimum Gasteiger partial charge on any atom is -0.397 e. The van der Waals surface area contributed by atoms with Crippen LogP contribution in [0.3, 0.4) is 0 Å². The summed E-state index contributed by atoms with van der Waals surface area (Å²) in [5, 5.41) is 6.70. The van der Waals surface area contributed by atoms with E-state index in [0.717, 1.165) is 11.4 Å². The smallest absolute Gasteiger partial charge is 0.251 e. The third-order valence-corrected chi connectivity index (χ3v) is 3.11. The van der Waals surface area contributed by atoms with Crippen LogP contribution < -0.4 is 16.4 Å². The molecule has 2 aromatic carbocycles. The molecule has 2 rings (SSSR count). The van der Waals surface area contributed by atoms with Crippen LogP contribution in [0.1, 0.15) is 24.2 Å². The van der Waals surface area contributed by atoms with Gasteiger partial charge in [0.1, 0.15) is 0 Å². The van der Waals surface area contributed by atoms with Gasteiger partial charge >= 0.3 is 0 Å². The predicted molar refractivity (Wildman–Crippen MR) is 88.2 cm³/mol. The van der Waals surface area contributed by atoms with Crippen LogP contribution in [0.4, 0.5) is 17.1 Å². The molecule has 1 amide bonds. The monoisotopic (exact) mass is 303 g/mol. The van der Waals surface area contributed by atoms with E-state index in [4.69, 9.17) is 17.3 Å². The second-order valence-electron chi connectivity index (χ2n) is 5.06. The molecule has 2 aromatic rings. The first kappa shape index (κ1) is 15.2. The molecule has 110 valence electrons. The van der Waals surface area contributed by atoms with Crippen molar-refractivity contribution in [1.29, 1.82) is 0 Å². The lowest BCUT2D eigenvalue weighted by molar-refractivity contribution is 0.0943. The zero-order valence-electron chi connectivity index (χ0n) is 12.0. The Balaban J connectivity index is 2.15. The summed E-state index contributed by atoms with van der Waals surface area (Å²) in [5.41, 5.74) is 8.69. The van der Waals surface area contributed by atoms with Gasteiger partial charge in [-0.25, -0.2) is 0 Å². The summed E-state index contributed by atoms with van der Waals surface area (Å²) in [6.07, 6.45) is 0. The van der Waals surface area contributed by atoms with Gasteiger partial charge in [0.15, 0.2) is 0 Å². The van der Waals surface area contributed by atoms with Crippen LogP contribution in [0.15, 0.2) is 42.5 Å². The Bertz CT molecular complexity index is 638. The Labute approximate surface area is 129 Å². The summed E-state index contributed by atoms with van der Waals surface area (Å²) in [6, 6.07) is 12.6. The highest BCUT2D eigenvalue weighted by Gasteiger charge is 2.09. The molecule has 4 N–H and O–H groups in total. The second-order valence-corrected chi connectivity index (χ2v) is 5.50. The highest BCUT2D eigenvalue weighted by atomic mass is 35.5. The highest BCUT2D eigenvalue weighted by Crippen LogP contribution is 2.25. The fraction of sp³-hybridized carbons (Fsp3) is 0.188. The van der Waals surface area contributed by atoms with Crippen molar-refractivity contribution in [3.05, 3.63) is 53.1 Å². The second kappa shape index (κ2) is 6.50. The van der Waals surface area contributed by atoms with Gasteiger partial charge in [-0.2, -0.15) is 0 Å². The fourth-order valence-corrected chi connectivity index (χ4v) is 1.98. The molecule has 0 saturated heterocycles. The van der Waals surface area contributed by atoms with E-state index in [0.29, 0.717) is 16.3 Å². The molecule has 0 aliphatic carbocycles. The highest BCUT2D eigenvalue weighted by molar-refractivity contribution is 6.30. The molecule has 0 spiro atoms. The van der Waals surface area contributed by atoms with E-state index in [2.05, 4.69) is 10.6 Å². The number of nitrogens with two attached hydrogens (primary N) is 1. The van der Waals surface area contributed by atoms with Crippen molar-refractivity contribution in [3.63, 3.8) is 0 Å². The van der Waals surface area contributed by atoms with Crippen LogP contribution in [-0.4, -0.2) is 11.9 Å². The fourth-order valence-electron chi connectivity index (χ4n) is 1.85.